The van der Waals surface area contributed by atoms with E-state index < -0.39 is 29.6 Å². The molecular weight excluding hydrogens is 541 g/mol. The molecule has 0 aliphatic carbocycles. The van der Waals surface area contributed by atoms with Crippen molar-refractivity contribution >= 4 is 28.4 Å². The van der Waals surface area contributed by atoms with Crippen molar-refractivity contribution < 1.29 is 23.0 Å². The van der Waals surface area contributed by atoms with Crippen molar-refractivity contribution in [1.82, 2.24) is 29.2 Å². The number of ether oxygens (including phenoxy) is 1. The average Bonchev–Trinajstić information content (AvgIpc) is 3.44. The van der Waals surface area contributed by atoms with Gasteiger partial charge in [-0.3, -0.25) is 4.79 Å². The van der Waals surface area contributed by atoms with E-state index in [2.05, 4.69) is 43.7 Å². The van der Waals surface area contributed by atoms with Gasteiger partial charge in [-0.05, 0) is 43.4 Å². The fourth-order valence-electron chi connectivity index (χ4n) is 4.99. The van der Waals surface area contributed by atoms with E-state index in [0.717, 1.165) is 31.9 Å². The van der Waals surface area contributed by atoms with Crippen LogP contribution in [0.5, 0.6) is 5.75 Å². The number of hydrogen-bond donors (Lipinski definition) is 2. The van der Waals surface area contributed by atoms with Crippen molar-refractivity contribution in [1.29, 1.82) is 0 Å². The number of halogens is 3. The van der Waals surface area contributed by atoms with Crippen molar-refractivity contribution in [3.05, 3.63) is 71.3 Å². The molecule has 0 spiro atoms. The number of alkyl halides is 3. The van der Waals surface area contributed by atoms with Crippen molar-refractivity contribution in [2.75, 3.05) is 50.1 Å². The van der Waals surface area contributed by atoms with Gasteiger partial charge in [-0.2, -0.15) is 18.2 Å². The van der Waals surface area contributed by atoms with Gasteiger partial charge in [-0.25, -0.2) is 19.3 Å². The van der Waals surface area contributed by atoms with Gasteiger partial charge in [0.2, 0.25) is 11.5 Å². The fraction of sp³-hybridized carbons (Fsp3) is 0.333. The third-order valence-electron chi connectivity index (χ3n) is 7.33. The molecule has 4 aromatic rings. The van der Waals surface area contributed by atoms with Gasteiger partial charge in [0.05, 0.1) is 6.54 Å². The Labute approximate surface area is 232 Å². The summed E-state index contributed by atoms with van der Waals surface area (Å²) in [7, 11) is 2.10. The van der Waals surface area contributed by atoms with Crippen LogP contribution in [0.15, 0.2) is 60.0 Å². The normalized spacial score (nSPS) is 19.3. The second-order valence-electron chi connectivity index (χ2n) is 10.0. The molecule has 2 aliphatic heterocycles. The van der Waals surface area contributed by atoms with Crippen LogP contribution in [-0.4, -0.2) is 80.3 Å². The number of anilines is 3. The lowest BCUT2D eigenvalue weighted by atomic mass is 10.0. The molecule has 1 unspecified atom stereocenters. The summed E-state index contributed by atoms with van der Waals surface area (Å²) in [6.45, 7) is 6.53. The van der Waals surface area contributed by atoms with Crippen LogP contribution in [0.2, 0.25) is 0 Å². The van der Waals surface area contributed by atoms with E-state index in [4.69, 9.17) is 4.74 Å². The average molecular weight is 569 g/mol. The van der Waals surface area contributed by atoms with Crippen LogP contribution in [-0.2, 0) is 12.1 Å². The molecule has 2 N–H and O–H groups in total. The van der Waals surface area contributed by atoms with E-state index in [1.165, 1.54) is 33.8 Å². The summed E-state index contributed by atoms with van der Waals surface area (Å²) in [6.07, 6.45) is -2.21. The molecule has 0 bridgehead atoms. The lowest BCUT2D eigenvalue weighted by Gasteiger charge is -2.34. The molecule has 1 atom stereocenters. The number of nitrogens with zero attached hydrogens (tertiary/aromatic N) is 7. The highest BCUT2D eigenvalue weighted by atomic mass is 19.4. The highest BCUT2D eigenvalue weighted by Crippen LogP contribution is 2.46. The third kappa shape index (κ3) is 4.58. The number of fused-ring (bicyclic) bond motifs is 2. The minimum absolute atomic E-state index is 0.0184. The molecule has 1 saturated heterocycles. The Kier molecular flexibility index (Phi) is 6.46. The number of pyridine rings is 1. The van der Waals surface area contributed by atoms with Crippen LogP contribution >= 0.6 is 0 Å². The first-order chi connectivity index (χ1) is 19.6. The summed E-state index contributed by atoms with van der Waals surface area (Å²) in [5, 5.41) is 13.7. The van der Waals surface area contributed by atoms with E-state index in [1.807, 2.05) is 24.3 Å². The zero-order valence-electron chi connectivity index (χ0n) is 22.1. The Balaban J connectivity index is 1.37. The molecule has 6 rings (SSSR count). The Morgan fingerprint density at radius 1 is 1.12 bits per heavy atom. The minimum Gasteiger partial charge on any atom is -0.488 e. The molecule has 0 radical (unpaired) electrons. The maximum absolute atomic E-state index is 13.7. The molecule has 1 fully saturated rings. The van der Waals surface area contributed by atoms with Crippen LogP contribution in [0.3, 0.4) is 0 Å². The maximum atomic E-state index is 13.7. The fourth-order valence-corrected chi connectivity index (χ4v) is 4.99. The minimum atomic E-state index is -5.03. The van der Waals surface area contributed by atoms with Crippen molar-refractivity contribution in [3.63, 3.8) is 0 Å². The van der Waals surface area contributed by atoms with Gasteiger partial charge in [-0.15, -0.1) is 6.58 Å². The monoisotopic (exact) mass is 568 g/mol. The lowest BCUT2D eigenvalue weighted by molar-refractivity contribution is -0.268. The van der Waals surface area contributed by atoms with E-state index >= 15 is 0 Å². The van der Waals surface area contributed by atoms with Gasteiger partial charge in [0.25, 0.3) is 5.56 Å². The molecule has 1 aromatic carbocycles. The Hall–Kier alpha value is -4.43. The summed E-state index contributed by atoms with van der Waals surface area (Å²) in [4.78, 5) is 30.7. The highest BCUT2D eigenvalue weighted by Gasteiger charge is 2.61. The number of aromatic nitrogens is 5. The van der Waals surface area contributed by atoms with Crippen LogP contribution in [0.25, 0.3) is 16.9 Å². The molecule has 14 heteroatoms. The number of benzene rings is 1. The van der Waals surface area contributed by atoms with E-state index in [9.17, 15) is 23.1 Å². The van der Waals surface area contributed by atoms with Crippen molar-refractivity contribution in [2.45, 2.75) is 18.3 Å². The van der Waals surface area contributed by atoms with Gasteiger partial charge in [0.1, 0.15) is 23.4 Å². The number of likely N-dealkylation sites (N-methyl/N-ethyl adjacent to an activating group) is 1. The first-order valence-electron chi connectivity index (χ1n) is 12.9. The van der Waals surface area contributed by atoms with E-state index in [0.29, 0.717) is 5.69 Å². The summed E-state index contributed by atoms with van der Waals surface area (Å²) in [5.41, 5.74) is -2.53. The van der Waals surface area contributed by atoms with Gasteiger partial charge in [0, 0.05) is 43.8 Å². The van der Waals surface area contributed by atoms with E-state index in [1.54, 1.807) is 0 Å². The summed E-state index contributed by atoms with van der Waals surface area (Å²) in [6, 6.07) is 10.5. The van der Waals surface area contributed by atoms with Gasteiger partial charge >= 0.3 is 6.18 Å². The third-order valence-corrected chi connectivity index (χ3v) is 7.33. The number of rotatable bonds is 6. The zero-order chi connectivity index (χ0) is 28.9. The van der Waals surface area contributed by atoms with Gasteiger partial charge in [-0.1, -0.05) is 6.08 Å². The van der Waals surface area contributed by atoms with Crippen LogP contribution < -0.4 is 20.5 Å². The topological polar surface area (TPSA) is 114 Å². The molecule has 5 heterocycles. The largest absolute Gasteiger partial charge is 0.488 e. The summed E-state index contributed by atoms with van der Waals surface area (Å²) in [5.74, 6) is -0.0858. The van der Waals surface area contributed by atoms with Crippen molar-refractivity contribution in [3.8, 4) is 11.6 Å². The predicted octanol–water partition coefficient (Wildman–Crippen LogP) is 2.80. The maximum Gasteiger partial charge on any atom is 0.426 e. The number of hydrogen-bond acceptors (Lipinski definition) is 9. The van der Waals surface area contributed by atoms with Gasteiger partial charge < -0.3 is 25.0 Å². The highest BCUT2D eigenvalue weighted by molar-refractivity contribution is 5.77. The van der Waals surface area contributed by atoms with E-state index in [-0.39, 0.29) is 35.1 Å². The summed E-state index contributed by atoms with van der Waals surface area (Å²) < 4.78 is 48.8. The molecule has 2 aliphatic rings. The molecule has 11 nitrogen and oxygen atoms in total. The Morgan fingerprint density at radius 3 is 2.54 bits per heavy atom. The zero-order valence-corrected chi connectivity index (χ0v) is 22.1. The second kappa shape index (κ2) is 9.89. The first-order valence-corrected chi connectivity index (χ1v) is 12.9. The SMILES string of the molecule is C=CCn1c(=O)c2cnc(Nc3ccc(N4CCN(C)CC4)cc3)nc2n1-c1ccc2c(n1)C(O)(C(F)(F)F)CO2. The van der Waals surface area contributed by atoms with Crippen LogP contribution in [0, 0.1) is 0 Å². The van der Waals surface area contributed by atoms with Crippen molar-refractivity contribution in [2.24, 2.45) is 0 Å². The number of nitrogens with one attached hydrogen (secondary N) is 1. The molecular formula is C27H27F3N8O3. The first kappa shape index (κ1) is 26.8. The Morgan fingerprint density at radius 2 is 1.85 bits per heavy atom. The number of piperazine rings is 1. The standard InChI is InChI=1S/C27H27F3N8O3/c1-3-10-37-24(39)19-15-31-25(32-17-4-6-18(7-5-17)36-13-11-35(2)12-14-36)34-23(19)38(37)21-9-8-20-22(33-21)26(40,16-41-20)27(28,29)30/h3-9,15,40H,1,10-14,16H2,2H3,(H,31,32,34). The molecule has 41 heavy (non-hydrogen) atoms. The quantitative estimate of drug-likeness (QED) is 0.339. The molecule has 0 saturated carbocycles. The van der Waals surface area contributed by atoms with Gasteiger partial charge in [0.15, 0.2) is 11.5 Å². The number of aliphatic hydroxyl groups is 1. The number of allylic oxidation sites excluding steroid dienone is 1. The molecule has 214 valence electrons. The predicted molar refractivity (Wildman–Crippen MR) is 146 cm³/mol. The lowest BCUT2D eigenvalue weighted by Crippen LogP contribution is -2.44. The second-order valence-corrected chi connectivity index (χ2v) is 10.0. The molecule has 0 amide bonds. The van der Waals surface area contributed by atoms with Crippen LogP contribution in [0.4, 0.5) is 30.5 Å². The Bertz CT molecular complexity index is 1680. The molecule has 3 aromatic heterocycles. The summed E-state index contributed by atoms with van der Waals surface area (Å²) >= 11 is 0. The smallest absolute Gasteiger partial charge is 0.426 e. The van der Waals surface area contributed by atoms with Crippen LogP contribution in [0.1, 0.15) is 5.69 Å².